The summed E-state index contributed by atoms with van der Waals surface area (Å²) >= 11 is 0. The Morgan fingerprint density at radius 1 is 1.32 bits per heavy atom. The summed E-state index contributed by atoms with van der Waals surface area (Å²) in [6.07, 6.45) is 0. The summed E-state index contributed by atoms with van der Waals surface area (Å²) in [5.41, 5.74) is 1.09. The molecule has 19 heavy (non-hydrogen) atoms. The molecule has 1 aliphatic heterocycles. The summed E-state index contributed by atoms with van der Waals surface area (Å²) in [7, 11) is 1.47. The molecular formula is C12H14ClNO4S. The van der Waals surface area contributed by atoms with Crippen molar-refractivity contribution in [1.82, 2.24) is 4.90 Å². The highest BCUT2D eigenvalue weighted by Gasteiger charge is 2.22. The number of rotatable bonds is 2. The number of hydrogen-bond donors (Lipinski definition) is 0. The average Bonchev–Trinajstić information content (AvgIpc) is 2.38. The third-order valence-corrected chi connectivity index (χ3v) is 4.37. The van der Waals surface area contributed by atoms with Crippen molar-refractivity contribution in [3.8, 4) is 0 Å². The molecule has 1 heterocycles. The maximum Gasteiger partial charge on any atom is 0.261 e. The Labute approximate surface area is 116 Å². The Morgan fingerprint density at radius 2 is 1.95 bits per heavy atom. The lowest BCUT2D eigenvalue weighted by molar-refractivity contribution is 0.0302. The van der Waals surface area contributed by atoms with Crippen molar-refractivity contribution in [3.63, 3.8) is 0 Å². The summed E-state index contributed by atoms with van der Waals surface area (Å²) in [5, 5.41) is 0. The molecule has 1 aromatic rings. The number of morpholine rings is 1. The summed E-state index contributed by atoms with van der Waals surface area (Å²) in [5.74, 6) is -0.192. The number of halogens is 1. The van der Waals surface area contributed by atoms with Crippen LogP contribution in [-0.4, -0.2) is 45.5 Å². The van der Waals surface area contributed by atoms with Crippen LogP contribution in [0.25, 0.3) is 0 Å². The monoisotopic (exact) mass is 303 g/mol. The van der Waals surface area contributed by atoms with Crippen molar-refractivity contribution in [2.45, 2.75) is 11.8 Å². The minimum absolute atomic E-state index is 0.0589. The Morgan fingerprint density at radius 3 is 2.53 bits per heavy atom. The minimum atomic E-state index is -3.83. The summed E-state index contributed by atoms with van der Waals surface area (Å²) in [6.45, 7) is 3.78. The number of ether oxygens (including phenoxy) is 1. The lowest BCUT2D eigenvalue weighted by Crippen LogP contribution is -2.41. The van der Waals surface area contributed by atoms with Gasteiger partial charge in [-0.1, -0.05) is 6.07 Å². The smallest absolute Gasteiger partial charge is 0.261 e. The molecule has 5 nitrogen and oxygen atoms in total. The fourth-order valence-electron chi connectivity index (χ4n) is 1.92. The molecule has 0 aliphatic carbocycles. The highest BCUT2D eigenvalue weighted by Crippen LogP contribution is 2.20. The zero-order valence-electron chi connectivity index (χ0n) is 10.4. The molecule has 7 heteroatoms. The Kier molecular flexibility index (Phi) is 4.13. The van der Waals surface area contributed by atoms with Crippen LogP contribution in [0.4, 0.5) is 0 Å². The van der Waals surface area contributed by atoms with Gasteiger partial charge in [0.1, 0.15) is 0 Å². The molecule has 1 amide bonds. The van der Waals surface area contributed by atoms with Gasteiger partial charge in [-0.2, -0.15) is 0 Å². The van der Waals surface area contributed by atoms with Crippen molar-refractivity contribution >= 4 is 25.6 Å². The number of aryl methyl sites for hydroxylation is 1. The molecule has 0 N–H and O–H groups in total. The van der Waals surface area contributed by atoms with Crippen molar-refractivity contribution in [3.05, 3.63) is 29.3 Å². The van der Waals surface area contributed by atoms with Gasteiger partial charge >= 0.3 is 0 Å². The zero-order valence-corrected chi connectivity index (χ0v) is 12.0. The van der Waals surface area contributed by atoms with Gasteiger partial charge in [0.15, 0.2) is 0 Å². The van der Waals surface area contributed by atoms with Gasteiger partial charge in [0.25, 0.3) is 15.0 Å². The molecule has 0 unspecified atom stereocenters. The van der Waals surface area contributed by atoms with E-state index in [0.29, 0.717) is 31.9 Å². The topological polar surface area (TPSA) is 63.7 Å². The molecule has 0 atom stereocenters. The molecular weight excluding hydrogens is 290 g/mol. The number of carbonyl (C=O) groups excluding carboxylic acids is 1. The quantitative estimate of drug-likeness (QED) is 0.775. The molecule has 104 valence electrons. The molecule has 0 aromatic heterocycles. The van der Waals surface area contributed by atoms with Gasteiger partial charge in [-0.05, 0) is 24.6 Å². The molecule has 0 saturated carbocycles. The number of hydrogen-bond acceptors (Lipinski definition) is 4. The molecule has 0 bridgehead atoms. The first-order valence-corrected chi connectivity index (χ1v) is 8.13. The first-order chi connectivity index (χ1) is 8.89. The molecule has 0 spiro atoms. The summed E-state index contributed by atoms with van der Waals surface area (Å²) < 4.78 is 27.8. The van der Waals surface area contributed by atoms with Crippen LogP contribution in [0.2, 0.25) is 0 Å². The van der Waals surface area contributed by atoms with E-state index in [1.54, 1.807) is 17.9 Å². The van der Waals surface area contributed by atoms with Crippen LogP contribution in [0.1, 0.15) is 15.9 Å². The van der Waals surface area contributed by atoms with Crippen molar-refractivity contribution in [1.29, 1.82) is 0 Å². The van der Waals surface area contributed by atoms with Crippen LogP contribution >= 0.6 is 10.7 Å². The maximum absolute atomic E-state index is 12.3. The third-order valence-electron chi connectivity index (χ3n) is 3.02. The maximum atomic E-state index is 12.3. The van der Waals surface area contributed by atoms with Gasteiger partial charge in [-0.3, -0.25) is 4.79 Å². The minimum Gasteiger partial charge on any atom is -0.378 e. The SMILES string of the molecule is Cc1ccc(S(=O)(=O)Cl)cc1C(=O)N1CCOCC1. The van der Waals surface area contributed by atoms with Crippen LogP contribution < -0.4 is 0 Å². The summed E-state index contributed by atoms with van der Waals surface area (Å²) in [4.78, 5) is 13.9. The van der Waals surface area contributed by atoms with Gasteiger partial charge in [-0.15, -0.1) is 0 Å². The molecule has 1 saturated heterocycles. The lowest BCUT2D eigenvalue weighted by atomic mass is 10.1. The largest absolute Gasteiger partial charge is 0.378 e. The second kappa shape index (κ2) is 5.48. The first-order valence-electron chi connectivity index (χ1n) is 5.82. The molecule has 0 radical (unpaired) electrons. The van der Waals surface area contributed by atoms with Crippen LogP contribution in [0, 0.1) is 6.92 Å². The summed E-state index contributed by atoms with van der Waals surface area (Å²) in [6, 6.07) is 4.31. The highest BCUT2D eigenvalue weighted by molar-refractivity contribution is 8.13. The van der Waals surface area contributed by atoms with Gasteiger partial charge in [0, 0.05) is 29.3 Å². The molecule has 1 aromatic carbocycles. The normalized spacial score (nSPS) is 16.4. The van der Waals surface area contributed by atoms with E-state index in [1.165, 1.54) is 12.1 Å². The van der Waals surface area contributed by atoms with Gasteiger partial charge in [0.05, 0.1) is 18.1 Å². The van der Waals surface area contributed by atoms with E-state index in [4.69, 9.17) is 15.4 Å². The van der Waals surface area contributed by atoms with E-state index >= 15 is 0 Å². The zero-order chi connectivity index (χ0) is 14.0. The number of carbonyl (C=O) groups is 1. The van der Waals surface area contributed by atoms with E-state index in [1.807, 2.05) is 0 Å². The van der Waals surface area contributed by atoms with Crippen LogP contribution in [-0.2, 0) is 13.8 Å². The molecule has 2 rings (SSSR count). The van der Waals surface area contributed by atoms with Crippen molar-refractivity contribution in [2.24, 2.45) is 0 Å². The predicted octanol–water partition coefficient (Wildman–Crippen LogP) is 1.39. The predicted molar refractivity (Wildman–Crippen MR) is 70.9 cm³/mol. The Hall–Kier alpha value is -1.11. The Balaban J connectivity index is 2.35. The number of amides is 1. The molecule has 1 fully saturated rings. The van der Waals surface area contributed by atoms with Gasteiger partial charge in [-0.25, -0.2) is 8.42 Å². The number of benzene rings is 1. The number of nitrogens with zero attached hydrogens (tertiary/aromatic N) is 1. The van der Waals surface area contributed by atoms with Crippen LogP contribution in [0.15, 0.2) is 23.1 Å². The van der Waals surface area contributed by atoms with E-state index in [9.17, 15) is 13.2 Å². The highest BCUT2D eigenvalue weighted by atomic mass is 35.7. The fraction of sp³-hybridized carbons (Fsp3) is 0.417. The molecule has 1 aliphatic rings. The second-order valence-corrected chi connectivity index (χ2v) is 6.89. The average molecular weight is 304 g/mol. The first kappa shape index (κ1) is 14.3. The van der Waals surface area contributed by atoms with Gasteiger partial charge in [0.2, 0.25) is 0 Å². The van der Waals surface area contributed by atoms with E-state index in [0.717, 1.165) is 5.56 Å². The second-order valence-electron chi connectivity index (χ2n) is 4.32. The third kappa shape index (κ3) is 3.26. The van der Waals surface area contributed by atoms with E-state index < -0.39 is 9.05 Å². The fourth-order valence-corrected chi connectivity index (χ4v) is 2.70. The van der Waals surface area contributed by atoms with Gasteiger partial charge < -0.3 is 9.64 Å². The van der Waals surface area contributed by atoms with Crippen molar-refractivity contribution in [2.75, 3.05) is 26.3 Å². The van der Waals surface area contributed by atoms with Crippen molar-refractivity contribution < 1.29 is 17.9 Å². The van der Waals surface area contributed by atoms with E-state index in [-0.39, 0.29) is 10.8 Å². The Bertz CT molecular complexity index is 594. The van der Waals surface area contributed by atoms with E-state index in [2.05, 4.69) is 0 Å². The lowest BCUT2D eigenvalue weighted by Gasteiger charge is -2.27. The standard InChI is InChI=1S/C12H14ClNO4S/c1-9-2-3-10(19(13,16)17)8-11(9)12(15)14-4-6-18-7-5-14/h2-3,8H,4-7H2,1H3. The van der Waals surface area contributed by atoms with Crippen LogP contribution in [0.3, 0.4) is 0 Å². The van der Waals surface area contributed by atoms with Crippen LogP contribution in [0.5, 0.6) is 0 Å².